The van der Waals surface area contributed by atoms with Crippen molar-refractivity contribution in [3.63, 3.8) is 0 Å². The van der Waals surface area contributed by atoms with Gasteiger partial charge in [-0.2, -0.15) is 5.10 Å². The molecule has 0 aliphatic carbocycles. The van der Waals surface area contributed by atoms with E-state index < -0.39 is 22.5 Å². The number of anilines is 1. The third-order valence-electron chi connectivity index (χ3n) is 4.12. The van der Waals surface area contributed by atoms with Crippen LogP contribution in [-0.4, -0.2) is 32.1 Å². The Balaban J connectivity index is 1.89. The monoisotopic (exact) mass is 476 g/mol. The zero-order valence-corrected chi connectivity index (χ0v) is 18.7. The van der Waals surface area contributed by atoms with E-state index >= 15 is 0 Å². The van der Waals surface area contributed by atoms with Gasteiger partial charge in [0.2, 0.25) is 0 Å². The number of rotatable bonds is 7. The number of nitrogens with zero attached hydrogens (tertiary/aromatic N) is 3. The molecule has 0 atom stereocenters. The Hall–Kier alpha value is -2.94. The Morgan fingerprint density at radius 2 is 1.81 bits per heavy atom. The first-order chi connectivity index (χ1) is 14.8. The molecule has 0 aliphatic heterocycles. The van der Waals surface area contributed by atoms with Gasteiger partial charge in [0.25, 0.3) is 15.9 Å². The Labute approximate surface area is 190 Å². The quantitative estimate of drug-likeness (QED) is 0.411. The number of nitrogens with one attached hydrogen (secondary N) is 1. The van der Waals surface area contributed by atoms with Gasteiger partial charge < -0.3 is 0 Å². The van der Waals surface area contributed by atoms with E-state index in [4.69, 9.17) is 23.2 Å². The van der Waals surface area contributed by atoms with Crippen LogP contribution in [0.2, 0.25) is 10.0 Å². The maximum Gasteiger partial charge on any atom is 0.264 e. The fourth-order valence-electron chi connectivity index (χ4n) is 2.63. The number of amides is 1. The van der Waals surface area contributed by atoms with Crippen molar-refractivity contribution in [1.29, 1.82) is 0 Å². The maximum atomic E-state index is 13.3. The van der Waals surface area contributed by atoms with Crippen LogP contribution in [0.1, 0.15) is 11.1 Å². The van der Waals surface area contributed by atoms with E-state index in [1.165, 1.54) is 36.5 Å². The Kier molecular flexibility index (Phi) is 7.27. The van der Waals surface area contributed by atoms with Crippen molar-refractivity contribution in [1.82, 2.24) is 10.4 Å². The van der Waals surface area contributed by atoms with Gasteiger partial charge in [0, 0.05) is 28.0 Å². The van der Waals surface area contributed by atoms with Crippen molar-refractivity contribution in [2.75, 3.05) is 10.8 Å². The molecule has 3 rings (SSSR count). The van der Waals surface area contributed by atoms with Crippen LogP contribution >= 0.6 is 23.2 Å². The van der Waals surface area contributed by atoms with Crippen LogP contribution in [-0.2, 0) is 14.8 Å². The minimum absolute atomic E-state index is 0.0286. The standard InChI is InChI=1S/C21H18Cl2N4O3S/c1-15-4-6-20(7-5-15)31(29,30)27(19-10-17(22)9-18(23)11-19)14-21(28)26-25-13-16-3-2-8-24-12-16/h2-13H,14H2,1H3,(H,26,28)/b25-13-. The van der Waals surface area contributed by atoms with Gasteiger partial charge in [0.15, 0.2) is 0 Å². The zero-order valence-electron chi connectivity index (χ0n) is 16.4. The molecule has 0 aliphatic rings. The Morgan fingerprint density at radius 3 is 2.42 bits per heavy atom. The summed E-state index contributed by atoms with van der Waals surface area (Å²) in [6.07, 6.45) is 4.58. The maximum absolute atomic E-state index is 13.3. The van der Waals surface area contributed by atoms with Crippen LogP contribution in [0.4, 0.5) is 5.69 Å². The van der Waals surface area contributed by atoms with E-state index in [0.29, 0.717) is 5.56 Å². The van der Waals surface area contributed by atoms with E-state index in [1.807, 2.05) is 6.92 Å². The molecule has 7 nitrogen and oxygen atoms in total. The van der Waals surface area contributed by atoms with Crippen LogP contribution in [0.3, 0.4) is 0 Å². The van der Waals surface area contributed by atoms with E-state index in [1.54, 1.807) is 36.7 Å². The number of pyridine rings is 1. The molecule has 10 heteroatoms. The van der Waals surface area contributed by atoms with Crippen LogP contribution in [0, 0.1) is 6.92 Å². The molecule has 2 aromatic carbocycles. The molecule has 31 heavy (non-hydrogen) atoms. The number of sulfonamides is 1. The molecule has 0 unspecified atom stereocenters. The smallest absolute Gasteiger partial charge is 0.264 e. The Morgan fingerprint density at radius 1 is 1.13 bits per heavy atom. The summed E-state index contributed by atoms with van der Waals surface area (Å²) in [7, 11) is -4.08. The summed E-state index contributed by atoms with van der Waals surface area (Å²) in [5.41, 5.74) is 4.06. The molecule has 0 saturated heterocycles. The lowest BCUT2D eigenvalue weighted by Crippen LogP contribution is -2.39. The van der Waals surface area contributed by atoms with E-state index in [2.05, 4.69) is 15.5 Å². The number of halogens is 2. The number of aromatic nitrogens is 1. The molecule has 3 aromatic rings. The highest BCUT2D eigenvalue weighted by atomic mass is 35.5. The lowest BCUT2D eigenvalue weighted by atomic mass is 10.2. The number of hydrogen-bond donors (Lipinski definition) is 1. The van der Waals surface area contributed by atoms with Crippen molar-refractivity contribution >= 4 is 51.0 Å². The SMILES string of the molecule is Cc1ccc(S(=O)(=O)N(CC(=O)N/N=C\c2cccnc2)c2cc(Cl)cc(Cl)c2)cc1. The van der Waals surface area contributed by atoms with Gasteiger partial charge in [0.05, 0.1) is 16.8 Å². The third-order valence-corrected chi connectivity index (χ3v) is 6.34. The average molecular weight is 477 g/mol. The van der Waals surface area contributed by atoms with Gasteiger partial charge in [-0.1, -0.05) is 47.0 Å². The highest BCUT2D eigenvalue weighted by Gasteiger charge is 2.27. The lowest BCUT2D eigenvalue weighted by Gasteiger charge is -2.24. The summed E-state index contributed by atoms with van der Waals surface area (Å²) in [6.45, 7) is 1.32. The number of carbonyl (C=O) groups excluding carboxylic acids is 1. The number of aryl methyl sites for hydroxylation is 1. The molecule has 1 heterocycles. The summed E-state index contributed by atoms with van der Waals surface area (Å²) in [4.78, 5) is 16.5. The second-order valence-corrected chi connectivity index (χ2v) is 9.27. The molecule has 0 radical (unpaired) electrons. The van der Waals surface area contributed by atoms with E-state index in [-0.39, 0.29) is 20.6 Å². The van der Waals surface area contributed by atoms with E-state index in [9.17, 15) is 13.2 Å². The lowest BCUT2D eigenvalue weighted by molar-refractivity contribution is -0.119. The summed E-state index contributed by atoms with van der Waals surface area (Å²) in [5, 5.41) is 4.33. The largest absolute Gasteiger partial charge is 0.271 e. The highest BCUT2D eigenvalue weighted by Crippen LogP contribution is 2.29. The van der Waals surface area contributed by atoms with Crippen molar-refractivity contribution in [3.8, 4) is 0 Å². The van der Waals surface area contributed by atoms with Crippen molar-refractivity contribution in [2.45, 2.75) is 11.8 Å². The zero-order chi connectivity index (χ0) is 22.4. The topological polar surface area (TPSA) is 91.7 Å². The summed E-state index contributed by atoms with van der Waals surface area (Å²) in [6, 6.07) is 14.1. The molecule has 0 spiro atoms. The molecule has 1 N–H and O–H groups in total. The van der Waals surface area contributed by atoms with Crippen LogP contribution in [0.5, 0.6) is 0 Å². The number of benzene rings is 2. The van der Waals surface area contributed by atoms with Crippen LogP contribution in [0.15, 0.2) is 77.0 Å². The van der Waals surface area contributed by atoms with Gasteiger partial charge in [-0.15, -0.1) is 0 Å². The van der Waals surface area contributed by atoms with Crippen molar-refractivity contribution in [3.05, 3.63) is 88.2 Å². The highest BCUT2D eigenvalue weighted by molar-refractivity contribution is 7.92. The molecular formula is C21H18Cl2N4O3S. The van der Waals surface area contributed by atoms with Gasteiger partial charge in [-0.3, -0.25) is 14.1 Å². The first-order valence-electron chi connectivity index (χ1n) is 9.03. The van der Waals surface area contributed by atoms with Crippen molar-refractivity contribution < 1.29 is 13.2 Å². The van der Waals surface area contributed by atoms with Gasteiger partial charge in [-0.05, 0) is 43.3 Å². The fraction of sp³-hybridized carbons (Fsp3) is 0.0952. The van der Waals surface area contributed by atoms with E-state index in [0.717, 1.165) is 9.87 Å². The third kappa shape index (κ3) is 6.04. The van der Waals surface area contributed by atoms with Gasteiger partial charge in [0.1, 0.15) is 6.54 Å². The van der Waals surface area contributed by atoms with Crippen LogP contribution in [0.25, 0.3) is 0 Å². The molecule has 1 amide bonds. The second-order valence-electron chi connectivity index (χ2n) is 6.53. The summed E-state index contributed by atoms with van der Waals surface area (Å²) in [5.74, 6) is -0.646. The second kappa shape index (κ2) is 9.91. The molecule has 1 aromatic heterocycles. The number of hydrazone groups is 1. The molecule has 0 fully saturated rings. The average Bonchev–Trinajstić information content (AvgIpc) is 2.72. The van der Waals surface area contributed by atoms with Gasteiger partial charge in [-0.25, -0.2) is 13.8 Å². The minimum atomic E-state index is -4.08. The minimum Gasteiger partial charge on any atom is -0.271 e. The molecule has 0 bridgehead atoms. The number of carbonyl (C=O) groups is 1. The van der Waals surface area contributed by atoms with Crippen LogP contribution < -0.4 is 9.73 Å². The predicted octanol–water partition coefficient (Wildman–Crippen LogP) is 4.04. The van der Waals surface area contributed by atoms with Gasteiger partial charge >= 0.3 is 0 Å². The summed E-state index contributed by atoms with van der Waals surface area (Å²) >= 11 is 12.1. The Bertz CT molecular complexity index is 1180. The first kappa shape index (κ1) is 22.7. The molecule has 160 valence electrons. The molecule has 0 saturated carbocycles. The first-order valence-corrected chi connectivity index (χ1v) is 11.2. The predicted molar refractivity (Wildman–Crippen MR) is 122 cm³/mol. The normalized spacial score (nSPS) is 11.5. The fourth-order valence-corrected chi connectivity index (χ4v) is 4.55. The van der Waals surface area contributed by atoms with Crippen molar-refractivity contribution in [2.24, 2.45) is 5.10 Å². The summed E-state index contributed by atoms with van der Waals surface area (Å²) < 4.78 is 27.6. The number of hydrogen-bond acceptors (Lipinski definition) is 5. The molecular weight excluding hydrogens is 459 g/mol.